The monoisotopic (exact) mass is 433 g/mol. The summed E-state index contributed by atoms with van der Waals surface area (Å²) in [6, 6.07) is 30.6. The molecule has 1 aromatic heterocycles. The number of hydrogen-bond donors (Lipinski definition) is 1. The Hall–Kier alpha value is -4.05. The highest BCUT2D eigenvalue weighted by Gasteiger charge is 2.14. The van der Waals surface area contributed by atoms with E-state index in [-0.39, 0.29) is 0 Å². The number of nitrogens with zero attached hydrogens (tertiary/aromatic N) is 2. The molecule has 4 heteroatoms. The number of hydrogen-bond acceptors (Lipinski definition) is 4. The molecular formula is C29H27N3O. The Bertz CT molecular complexity index is 1410. The third kappa shape index (κ3) is 4.08. The van der Waals surface area contributed by atoms with E-state index < -0.39 is 0 Å². The van der Waals surface area contributed by atoms with Gasteiger partial charge < -0.3 is 15.4 Å². The maximum atomic E-state index is 6.11. The van der Waals surface area contributed by atoms with Crippen LogP contribution in [0.15, 0.2) is 91.0 Å². The fraction of sp³-hybridized carbons (Fsp3) is 0.138. The van der Waals surface area contributed by atoms with E-state index in [0.717, 1.165) is 57.5 Å². The van der Waals surface area contributed by atoms with Gasteiger partial charge in [-0.1, -0.05) is 42.5 Å². The van der Waals surface area contributed by atoms with Crippen molar-refractivity contribution in [2.45, 2.75) is 13.8 Å². The molecule has 5 rings (SSSR count). The number of para-hydroxylation sites is 1. The Morgan fingerprint density at radius 3 is 2.06 bits per heavy atom. The van der Waals surface area contributed by atoms with Crippen LogP contribution in [0.1, 0.15) is 13.8 Å². The van der Waals surface area contributed by atoms with Gasteiger partial charge in [-0.2, -0.15) is 0 Å². The van der Waals surface area contributed by atoms with Crippen LogP contribution in [0.5, 0.6) is 11.5 Å². The van der Waals surface area contributed by atoms with Gasteiger partial charge in [-0.05, 0) is 67.9 Å². The average Bonchev–Trinajstić information content (AvgIpc) is 2.84. The number of fused-ring (bicyclic) bond motifs is 2. The van der Waals surface area contributed by atoms with Crippen molar-refractivity contribution in [1.29, 1.82) is 0 Å². The van der Waals surface area contributed by atoms with Crippen LogP contribution in [0, 0.1) is 0 Å². The highest BCUT2D eigenvalue weighted by atomic mass is 16.5. The molecule has 0 saturated carbocycles. The summed E-state index contributed by atoms with van der Waals surface area (Å²) in [6.45, 7) is 6.26. The van der Waals surface area contributed by atoms with Gasteiger partial charge in [0, 0.05) is 40.8 Å². The van der Waals surface area contributed by atoms with Crippen molar-refractivity contribution in [2.24, 2.45) is 0 Å². The Balaban J connectivity index is 1.65. The first-order valence-electron chi connectivity index (χ1n) is 11.4. The van der Waals surface area contributed by atoms with Crippen LogP contribution in [0.3, 0.4) is 0 Å². The second kappa shape index (κ2) is 8.83. The molecule has 1 heterocycles. The molecule has 0 bridgehead atoms. The Morgan fingerprint density at radius 2 is 1.36 bits per heavy atom. The van der Waals surface area contributed by atoms with E-state index in [2.05, 4.69) is 55.1 Å². The highest BCUT2D eigenvalue weighted by Crippen LogP contribution is 2.37. The van der Waals surface area contributed by atoms with E-state index in [1.54, 1.807) is 0 Å². The van der Waals surface area contributed by atoms with Crippen LogP contribution in [-0.4, -0.2) is 18.1 Å². The summed E-state index contributed by atoms with van der Waals surface area (Å²) in [4.78, 5) is 7.31. The molecule has 0 aliphatic carbocycles. The molecule has 0 fully saturated rings. The summed E-state index contributed by atoms with van der Waals surface area (Å²) in [6.07, 6.45) is 0. The van der Waals surface area contributed by atoms with Crippen molar-refractivity contribution in [1.82, 2.24) is 4.98 Å². The standard InChI is InChI=1S/C29H27N3O/c1-3-32(4-2)22-13-17-26-28(19-22)31-27-18-21(30)12-16-25(27)29(26)20-10-14-24(15-11-20)33-23-8-6-5-7-9-23/h5-19H,3-4,30H2,1-2H3. The molecule has 0 radical (unpaired) electrons. The second-order valence-electron chi connectivity index (χ2n) is 8.08. The quantitative estimate of drug-likeness (QED) is 0.226. The van der Waals surface area contributed by atoms with Gasteiger partial charge >= 0.3 is 0 Å². The Kier molecular flexibility index (Phi) is 5.57. The number of nitrogens with two attached hydrogens (primary N) is 1. The lowest BCUT2D eigenvalue weighted by molar-refractivity contribution is 0.483. The van der Waals surface area contributed by atoms with Crippen molar-refractivity contribution in [3.8, 4) is 22.6 Å². The van der Waals surface area contributed by atoms with Crippen LogP contribution in [0.4, 0.5) is 11.4 Å². The molecule has 0 atom stereocenters. The molecule has 0 spiro atoms. The largest absolute Gasteiger partial charge is 0.457 e. The smallest absolute Gasteiger partial charge is 0.127 e. The number of anilines is 2. The van der Waals surface area contributed by atoms with Crippen molar-refractivity contribution in [2.75, 3.05) is 23.7 Å². The number of pyridine rings is 1. The number of nitrogen functional groups attached to an aromatic ring is 1. The van der Waals surface area contributed by atoms with E-state index in [9.17, 15) is 0 Å². The normalized spacial score (nSPS) is 11.1. The fourth-order valence-electron chi connectivity index (χ4n) is 4.36. The van der Waals surface area contributed by atoms with E-state index in [4.69, 9.17) is 15.5 Å². The van der Waals surface area contributed by atoms with E-state index in [0.29, 0.717) is 5.69 Å². The van der Waals surface area contributed by atoms with Crippen LogP contribution >= 0.6 is 0 Å². The van der Waals surface area contributed by atoms with E-state index in [1.165, 1.54) is 5.69 Å². The minimum absolute atomic E-state index is 0.715. The first kappa shape index (κ1) is 20.8. The Labute approximate surface area is 194 Å². The maximum Gasteiger partial charge on any atom is 0.127 e. The molecular weight excluding hydrogens is 406 g/mol. The van der Waals surface area contributed by atoms with Gasteiger partial charge in [0.15, 0.2) is 0 Å². The van der Waals surface area contributed by atoms with Crippen molar-refractivity contribution in [3.05, 3.63) is 91.0 Å². The maximum absolute atomic E-state index is 6.11. The average molecular weight is 434 g/mol. The predicted molar refractivity (Wildman–Crippen MR) is 139 cm³/mol. The fourth-order valence-corrected chi connectivity index (χ4v) is 4.36. The van der Waals surface area contributed by atoms with Crippen LogP contribution in [0.2, 0.25) is 0 Å². The molecule has 5 aromatic rings. The third-order valence-corrected chi connectivity index (χ3v) is 6.03. The molecule has 4 nitrogen and oxygen atoms in total. The first-order valence-corrected chi connectivity index (χ1v) is 11.4. The summed E-state index contributed by atoms with van der Waals surface area (Å²) >= 11 is 0. The zero-order valence-corrected chi connectivity index (χ0v) is 19.0. The predicted octanol–water partition coefficient (Wildman–Crippen LogP) is 7.28. The Morgan fingerprint density at radius 1 is 0.727 bits per heavy atom. The van der Waals surface area contributed by atoms with Crippen molar-refractivity contribution >= 4 is 33.2 Å². The van der Waals surface area contributed by atoms with Gasteiger partial charge in [-0.3, -0.25) is 0 Å². The van der Waals surface area contributed by atoms with Crippen molar-refractivity contribution in [3.63, 3.8) is 0 Å². The van der Waals surface area contributed by atoms with Gasteiger partial charge in [0.05, 0.1) is 11.0 Å². The van der Waals surface area contributed by atoms with Crippen LogP contribution in [0.25, 0.3) is 32.9 Å². The molecule has 2 N–H and O–H groups in total. The summed E-state index contributed by atoms with van der Waals surface area (Å²) in [7, 11) is 0. The molecule has 0 aliphatic rings. The van der Waals surface area contributed by atoms with Crippen molar-refractivity contribution < 1.29 is 4.74 Å². The minimum atomic E-state index is 0.715. The first-order chi connectivity index (χ1) is 16.2. The minimum Gasteiger partial charge on any atom is -0.457 e. The molecule has 0 aliphatic heterocycles. The molecule has 0 unspecified atom stereocenters. The van der Waals surface area contributed by atoms with Crippen LogP contribution in [-0.2, 0) is 0 Å². The summed E-state index contributed by atoms with van der Waals surface area (Å²) in [5.41, 5.74) is 12.2. The molecule has 164 valence electrons. The van der Waals surface area contributed by atoms with Gasteiger partial charge in [0.25, 0.3) is 0 Å². The lowest BCUT2D eigenvalue weighted by Gasteiger charge is -2.22. The molecule has 0 amide bonds. The van der Waals surface area contributed by atoms with Gasteiger partial charge in [-0.15, -0.1) is 0 Å². The van der Waals surface area contributed by atoms with E-state index >= 15 is 0 Å². The number of rotatable bonds is 6. The van der Waals surface area contributed by atoms with Gasteiger partial charge in [0.2, 0.25) is 0 Å². The zero-order valence-electron chi connectivity index (χ0n) is 19.0. The van der Waals surface area contributed by atoms with Crippen LogP contribution < -0.4 is 15.4 Å². The number of benzene rings is 4. The molecule has 4 aromatic carbocycles. The SMILES string of the molecule is CCN(CC)c1ccc2c(-c3ccc(Oc4ccccc4)cc3)c3ccc(N)cc3nc2c1. The van der Waals surface area contributed by atoms with Gasteiger partial charge in [-0.25, -0.2) is 4.98 Å². The number of aromatic nitrogens is 1. The summed E-state index contributed by atoms with van der Waals surface area (Å²) < 4.78 is 5.99. The van der Waals surface area contributed by atoms with Gasteiger partial charge in [0.1, 0.15) is 11.5 Å². The second-order valence-corrected chi connectivity index (χ2v) is 8.08. The van der Waals surface area contributed by atoms with E-state index in [1.807, 2.05) is 54.6 Å². The molecule has 33 heavy (non-hydrogen) atoms. The lowest BCUT2D eigenvalue weighted by Crippen LogP contribution is -2.21. The summed E-state index contributed by atoms with van der Waals surface area (Å²) in [5.74, 6) is 1.63. The summed E-state index contributed by atoms with van der Waals surface area (Å²) in [5, 5.41) is 2.21. The molecule has 0 saturated heterocycles. The zero-order chi connectivity index (χ0) is 22.8. The topological polar surface area (TPSA) is 51.4 Å². The highest BCUT2D eigenvalue weighted by molar-refractivity contribution is 6.10. The number of ether oxygens (including phenoxy) is 1. The third-order valence-electron chi connectivity index (χ3n) is 6.03. The lowest BCUT2D eigenvalue weighted by atomic mass is 9.95.